The highest BCUT2D eigenvalue weighted by molar-refractivity contribution is 5.69. The van der Waals surface area contributed by atoms with Gasteiger partial charge in [0.1, 0.15) is 5.75 Å². The van der Waals surface area contributed by atoms with Gasteiger partial charge in [-0.15, -0.1) is 0 Å². The van der Waals surface area contributed by atoms with E-state index in [1.807, 2.05) is 6.07 Å². The van der Waals surface area contributed by atoms with Crippen LogP contribution in [0.4, 0.5) is 39.5 Å². The van der Waals surface area contributed by atoms with E-state index in [2.05, 4.69) is 13.0 Å². The lowest BCUT2D eigenvalue weighted by Gasteiger charge is -2.54. The Balaban J connectivity index is 1.09. The number of hydrogen-bond donors (Lipinski definition) is 3. The Bertz CT molecular complexity index is 1340. The van der Waals surface area contributed by atoms with Gasteiger partial charge < -0.3 is 15.3 Å². The number of benzene rings is 1. The topological polar surface area (TPSA) is 77.8 Å². The molecule has 0 heterocycles. The van der Waals surface area contributed by atoms with Gasteiger partial charge in [0.15, 0.2) is 0 Å². The van der Waals surface area contributed by atoms with Gasteiger partial charge in [0, 0.05) is 11.8 Å². The predicted octanol–water partition coefficient (Wildman–Crippen LogP) is 10.3. The largest absolute Gasteiger partial charge is 0.508 e. The summed E-state index contributed by atoms with van der Waals surface area (Å²) >= 11 is 0. The molecule has 5 rings (SSSR count). The van der Waals surface area contributed by atoms with Crippen LogP contribution in [0, 0.1) is 34.5 Å². The van der Waals surface area contributed by atoms with Gasteiger partial charge in [0.2, 0.25) is 0 Å². The third-order valence-electron chi connectivity index (χ3n) is 13.1. The highest BCUT2D eigenvalue weighted by atomic mass is 19.4. The molecule has 49 heavy (non-hydrogen) atoms. The zero-order valence-electron chi connectivity index (χ0n) is 27.7. The maximum atomic E-state index is 13.9. The van der Waals surface area contributed by atoms with Crippen LogP contribution in [0.2, 0.25) is 0 Å². The summed E-state index contributed by atoms with van der Waals surface area (Å²) in [5.41, 5.74) is 2.69. The van der Waals surface area contributed by atoms with Gasteiger partial charge in [-0.05, 0) is 110 Å². The van der Waals surface area contributed by atoms with E-state index in [-0.39, 0.29) is 35.5 Å². The fraction of sp³-hybridized carbons (Fsp3) is 0.806. The number of aliphatic carboxylic acids is 1. The van der Waals surface area contributed by atoms with Crippen LogP contribution in [0.15, 0.2) is 18.2 Å². The highest BCUT2D eigenvalue weighted by Gasteiger charge is 2.81. The summed E-state index contributed by atoms with van der Waals surface area (Å²) in [5, 5.41) is 30.7. The molecule has 5 unspecified atom stereocenters. The molecule has 3 saturated carbocycles. The Labute approximate surface area is 280 Å². The second-order valence-corrected chi connectivity index (χ2v) is 15.6. The fourth-order valence-corrected chi connectivity index (χ4v) is 10.1. The van der Waals surface area contributed by atoms with E-state index in [1.54, 1.807) is 6.07 Å². The summed E-state index contributed by atoms with van der Waals surface area (Å²) in [4.78, 5) is 11.5. The van der Waals surface area contributed by atoms with Crippen LogP contribution in [0.5, 0.6) is 5.75 Å². The van der Waals surface area contributed by atoms with Crippen LogP contribution < -0.4 is 0 Å². The number of aromatic hydroxyl groups is 1. The van der Waals surface area contributed by atoms with Crippen molar-refractivity contribution < 1.29 is 59.6 Å². The maximum absolute atomic E-state index is 13.9. The Morgan fingerprint density at radius 2 is 1.53 bits per heavy atom. The average Bonchev–Trinajstić information content (AvgIpc) is 3.79. The molecule has 4 aliphatic carbocycles. The summed E-state index contributed by atoms with van der Waals surface area (Å²) < 4.78 is 118. The van der Waals surface area contributed by atoms with E-state index in [9.17, 15) is 59.6 Å². The lowest BCUT2D eigenvalue weighted by atomic mass is 9.50. The van der Waals surface area contributed by atoms with Crippen molar-refractivity contribution >= 4 is 5.97 Å². The summed E-state index contributed by atoms with van der Waals surface area (Å²) in [6, 6.07) is 5.72. The first-order chi connectivity index (χ1) is 22.7. The number of halogens is 9. The Morgan fingerprint density at radius 1 is 0.898 bits per heavy atom. The number of phenolic OH excluding ortho intramolecular Hbond substituents is 1. The van der Waals surface area contributed by atoms with E-state index < -0.39 is 48.7 Å². The van der Waals surface area contributed by atoms with Gasteiger partial charge in [-0.1, -0.05) is 51.5 Å². The Kier molecular flexibility index (Phi) is 10.4. The van der Waals surface area contributed by atoms with Gasteiger partial charge >= 0.3 is 29.9 Å². The molecule has 278 valence electrons. The second-order valence-electron chi connectivity index (χ2n) is 15.6. The lowest BCUT2D eigenvalue weighted by molar-refractivity contribution is -0.396. The van der Waals surface area contributed by atoms with Crippen molar-refractivity contribution in [1.29, 1.82) is 0 Å². The SMILES string of the molecule is C[C@]12CCC3c4ccc(O)cc4CC(CCCCCCCCC(CCC(F)(F)C(F)(F)C(F)(F)C(F)(F)F)C(=O)O)C3C1C[C@@H](O)C21CC1. The number of phenols is 1. The number of carboxylic acids is 1. The number of aliphatic hydroxyl groups is 1. The van der Waals surface area contributed by atoms with Crippen molar-refractivity contribution in [3.05, 3.63) is 29.3 Å². The van der Waals surface area contributed by atoms with Gasteiger partial charge in [0.05, 0.1) is 12.0 Å². The van der Waals surface area contributed by atoms with Crippen molar-refractivity contribution in [3.8, 4) is 5.75 Å². The zero-order chi connectivity index (χ0) is 36.2. The first-order valence-electron chi connectivity index (χ1n) is 17.6. The van der Waals surface area contributed by atoms with E-state index >= 15 is 0 Å². The molecule has 3 N–H and O–H groups in total. The summed E-state index contributed by atoms with van der Waals surface area (Å²) in [7, 11) is 0. The normalized spacial score (nSPS) is 30.1. The number of fused-ring (bicyclic) bond motifs is 6. The monoisotopic (exact) mass is 714 g/mol. The van der Waals surface area contributed by atoms with Gasteiger partial charge in [-0.2, -0.15) is 39.5 Å². The molecule has 7 atom stereocenters. The maximum Gasteiger partial charge on any atom is 0.460 e. The van der Waals surface area contributed by atoms with Crippen molar-refractivity contribution in [2.45, 2.75) is 146 Å². The molecule has 0 bridgehead atoms. The third-order valence-corrected chi connectivity index (χ3v) is 13.1. The van der Waals surface area contributed by atoms with Crippen LogP contribution in [-0.2, 0) is 11.2 Å². The molecule has 1 aromatic rings. The van der Waals surface area contributed by atoms with Gasteiger partial charge in [-0.25, -0.2) is 0 Å². The van der Waals surface area contributed by atoms with Crippen molar-refractivity contribution in [2.24, 2.45) is 34.5 Å². The van der Waals surface area contributed by atoms with E-state index in [4.69, 9.17) is 0 Å². The molecule has 0 amide bonds. The fourth-order valence-electron chi connectivity index (χ4n) is 10.1. The van der Waals surface area contributed by atoms with Crippen LogP contribution in [0.1, 0.15) is 120 Å². The molecule has 0 aromatic heterocycles. The lowest BCUT2D eigenvalue weighted by Crippen LogP contribution is -2.60. The minimum absolute atomic E-state index is 0.0514. The van der Waals surface area contributed by atoms with Gasteiger partial charge in [-0.3, -0.25) is 4.79 Å². The third kappa shape index (κ3) is 6.67. The Hall–Kier alpha value is -2.18. The zero-order valence-corrected chi connectivity index (χ0v) is 27.7. The minimum Gasteiger partial charge on any atom is -0.508 e. The van der Waals surface area contributed by atoms with Crippen LogP contribution in [0.25, 0.3) is 0 Å². The average molecular weight is 715 g/mol. The van der Waals surface area contributed by atoms with E-state index in [0.717, 1.165) is 64.2 Å². The summed E-state index contributed by atoms with van der Waals surface area (Å²) in [5.74, 6) is -20.8. The van der Waals surface area contributed by atoms with Crippen LogP contribution >= 0.6 is 0 Å². The highest BCUT2D eigenvalue weighted by Crippen LogP contribution is 2.76. The van der Waals surface area contributed by atoms with Crippen LogP contribution in [0.3, 0.4) is 0 Å². The quantitative estimate of drug-likeness (QED) is 0.125. The van der Waals surface area contributed by atoms with E-state index in [1.165, 1.54) is 11.1 Å². The number of carboxylic acid groups (broad SMARTS) is 1. The number of hydrogen-bond acceptors (Lipinski definition) is 3. The molecule has 3 fully saturated rings. The first-order valence-corrected chi connectivity index (χ1v) is 17.6. The molecule has 1 spiro atoms. The number of carbonyl (C=O) groups is 1. The molecule has 0 saturated heterocycles. The predicted molar refractivity (Wildman–Crippen MR) is 163 cm³/mol. The number of alkyl halides is 9. The molecule has 0 aliphatic heterocycles. The minimum atomic E-state index is -6.98. The van der Waals surface area contributed by atoms with Crippen molar-refractivity contribution in [1.82, 2.24) is 0 Å². The second kappa shape index (κ2) is 13.4. The summed E-state index contributed by atoms with van der Waals surface area (Å²) in [6.45, 7) is 2.39. The Morgan fingerprint density at radius 3 is 2.14 bits per heavy atom. The molecular formula is C36H47F9O4. The molecule has 13 heteroatoms. The molecule has 4 nitrogen and oxygen atoms in total. The van der Waals surface area contributed by atoms with Gasteiger partial charge in [0.25, 0.3) is 0 Å². The molecule has 4 aliphatic rings. The number of rotatable bonds is 15. The smallest absolute Gasteiger partial charge is 0.460 e. The molecule has 0 radical (unpaired) electrons. The summed E-state index contributed by atoms with van der Waals surface area (Å²) in [6.07, 6.45) is 0.470. The van der Waals surface area contributed by atoms with Crippen molar-refractivity contribution in [2.75, 3.05) is 0 Å². The standard InChI is InChI=1S/C36H47F9O4/c1-31-14-13-26-25-11-10-24(46)19-23(25)18-22(29(26)27(31)20-28(47)32(31)16-17-32)9-7-5-3-2-4-6-8-21(30(48)49)12-15-33(37,38)34(39,40)35(41,42)36(43,44)45/h10-11,19,21-22,26-29,46-47H,2-9,12-18,20H2,1H3,(H,48,49)/t21?,22?,26?,27?,28-,29?,31+/m1/s1. The first kappa shape index (κ1) is 38.1. The molecule has 1 aromatic carbocycles. The van der Waals surface area contributed by atoms with Crippen LogP contribution in [-0.4, -0.2) is 51.3 Å². The number of unbranched alkanes of at least 4 members (excludes halogenated alkanes) is 5. The van der Waals surface area contributed by atoms with Crippen molar-refractivity contribution in [3.63, 3.8) is 0 Å². The van der Waals surface area contributed by atoms with E-state index in [0.29, 0.717) is 36.5 Å². The molecular weight excluding hydrogens is 667 g/mol. The number of aliphatic hydroxyl groups excluding tert-OH is 1.